The summed E-state index contributed by atoms with van der Waals surface area (Å²) in [6.07, 6.45) is 5.12. The van der Waals surface area contributed by atoms with Crippen LogP contribution in [0.2, 0.25) is 0 Å². The van der Waals surface area contributed by atoms with E-state index in [0.717, 1.165) is 28.8 Å². The maximum atomic E-state index is 13.3. The highest BCUT2D eigenvalue weighted by molar-refractivity contribution is 5.93. The number of allylic oxidation sites excluding steroid dienone is 2. The second kappa shape index (κ2) is 5.48. The van der Waals surface area contributed by atoms with E-state index >= 15 is 0 Å². The molecule has 0 amide bonds. The Kier molecular flexibility index (Phi) is 3.41. The molecule has 122 valence electrons. The maximum Gasteiger partial charge on any atom is 0.336 e. The van der Waals surface area contributed by atoms with E-state index in [-0.39, 0.29) is 23.7 Å². The lowest BCUT2D eigenvalue weighted by atomic mass is 9.75. The van der Waals surface area contributed by atoms with Gasteiger partial charge in [0, 0.05) is 11.6 Å². The van der Waals surface area contributed by atoms with Crippen LogP contribution < -0.4 is 5.32 Å². The molecule has 2 aliphatic rings. The summed E-state index contributed by atoms with van der Waals surface area (Å²) in [5.41, 5.74) is 4.19. The van der Waals surface area contributed by atoms with Crippen LogP contribution in [0.1, 0.15) is 45.4 Å². The van der Waals surface area contributed by atoms with Gasteiger partial charge in [0.25, 0.3) is 0 Å². The molecule has 1 aliphatic carbocycles. The average Bonchev–Trinajstić information content (AvgIpc) is 3.05. The molecule has 3 atom stereocenters. The summed E-state index contributed by atoms with van der Waals surface area (Å²) in [4.78, 5) is 11.7. The van der Waals surface area contributed by atoms with Crippen molar-refractivity contribution in [2.24, 2.45) is 5.92 Å². The van der Waals surface area contributed by atoms with Gasteiger partial charge in [-0.2, -0.15) is 0 Å². The number of hydrogen-bond donors (Lipinski definition) is 2. The molecule has 0 spiro atoms. The number of hydrogen-bond acceptors (Lipinski definition) is 2. The van der Waals surface area contributed by atoms with Crippen molar-refractivity contribution in [2.45, 2.75) is 25.3 Å². The SMILES string of the molecule is Cc1ccc(C(=O)O)c2c1N[C@H](c1ccc(F)cc1)[C@H]1CC=C[C@H]21. The zero-order chi connectivity index (χ0) is 16.8. The molecular formula is C20H18FNO2. The lowest BCUT2D eigenvalue weighted by Crippen LogP contribution is -2.31. The summed E-state index contributed by atoms with van der Waals surface area (Å²) < 4.78 is 13.3. The van der Waals surface area contributed by atoms with Gasteiger partial charge >= 0.3 is 5.97 Å². The minimum Gasteiger partial charge on any atom is -0.478 e. The molecule has 0 unspecified atom stereocenters. The molecule has 1 aliphatic heterocycles. The Labute approximate surface area is 139 Å². The van der Waals surface area contributed by atoms with E-state index in [1.165, 1.54) is 12.1 Å². The van der Waals surface area contributed by atoms with Gasteiger partial charge < -0.3 is 10.4 Å². The van der Waals surface area contributed by atoms with Crippen molar-refractivity contribution in [2.75, 3.05) is 5.32 Å². The van der Waals surface area contributed by atoms with Gasteiger partial charge in [-0.3, -0.25) is 0 Å². The van der Waals surface area contributed by atoms with Gasteiger partial charge in [-0.15, -0.1) is 0 Å². The van der Waals surface area contributed by atoms with E-state index in [0.29, 0.717) is 5.56 Å². The highest BCUT2D eigenvalue weighted by Crippen LogP contribution is 2.51. The van der Waals surface area contributed by atoms with Crippen LogP contribution in [0.4, 0.5) is 10.1 Å². The summed E-state index contributed by atoms with van der Waals surface area (Å²) >= 11 is 0. The number of halogens is 1. The summed E-state index contributed by atoms with van der Waals surface area (Å²) in [5.74, 6) is -0.835. The third-order valence-corrected chi connectivity index (χ3v) is 5.19. The Hall–Kier alpha value is -2.62. The monoisotopic (exact) mass is 323 g/mol. The minimum absolute atomic E-state index is 0.0424. The molecule has 0 saturated carbocycles. The Bertz CT molecular complexity index is 841. The molecule has 0 saturated heterocycles. The number of carboxylic acids is 1. The predicted molar refractivity (Wildman–Crippen MR) is 90.9 cm³/mol. The van der Waals surface area contributed by atoms with Gasteiger partial charge in [0.2, 0.25) is 0 Å². The number of anilines is 1. The van der Waals surface area contributed by atoms with Crippen molar-refractivity contribution in [3.05, 3.63) is 76.6 Å². The van der Waals surface area contributed by atoms with Crippen LogP contribution in [-0.4, -0.2) is 11.1 Å². The maximum absolute atomic E-state index is 13.3. The third kappa shape index (κ3) is 2.21. The summed E-state index contributed by atoms with van der Waals surface area (Å²) in [6.45, 7) is 1.98. The molecule has 2 N–H and O–H groups in total. The number of carbonyl (C=O) groups is 1. The Morgan fingerprint density at radius 1 is 1.21 bits per heavy atom. The van der Waals surface area contributed by atoms with Gasteiger partial charge in [0.05, 0.1) is 11.6 Å². The van der Waals surface area contributed by atoms with Gasteiger partial charge in [0.1, 0.15) is 5.82 Å². The standard InChI is InChI=1S/C20H18FNO2/c1-11-5-10-16(20(23)24)17-14-3-2-4-15(14)19(22-18(11)17)12-6-8-13(21)9-7-12/h2-3,5-10,14-15,19,22H,4H2,1H3,(H,23,24)/t14-,15-,19+/m0/s1. The van der Waals surface area contributed by atoms with Crippen LogP contribution in [-0.2, 0) is 0 Å². The van der Waals surface area contributed by atoms with Gasteiger partial charge in [0.15, 0.2) is 0 Å². The fraction of sp³-hybridized carbons (Fsp3) is 0.250. The number of benzene rings is 2. The van der Waals surface area contributed by atoms with Crippen LogP contribution in [0.3, 0.4) is 0 Å². The lowest BCUT2D eigenvalue weighted by molar-refractivity contribution is 0.0695. The first kappa shape index (κ1) is 14.9. The molecule has 3 nitrogen and oxygen atoms in total. The first-order valence-corrected chi connectivity index (χ1v) is 8.11. The molecule has 4 rings (SSSR count). The first-order valence-electron chi connectivity index (χ1n) is 8.11. The zero-order valence-corrected chi connectivity index (χ0v) is 13.3. The highest BCUT2D eigenvalue weighted by atomic mass is 19.1. The number of rotatable bonds is 2. The van der Waals surface area contributed by atoms with Crippen molar-refractivity contribution in [1.29, 1.82) is 0 Å². The lowest BCUT2D eigenvalue weighted by Gasteiger charge is -2.39. The van der Waals surface area contributed by atoms with Crippen LogP contribution in [0.5, 0.6) is 0 Å². The molecule has 0 bridgehead atoms. The van der Waals surface area contributed by atoms with Crippen LogP contribution >= 0.6 is 0 Å². The molecule has 4 heteroatoms. The summed E-state index contributed by atoms with van der Waals surface area (Å²) in [7, 11) is 0. The van der Waals surface area contributed by atoms with Crippen LogP contribution in [0.25, 0.3) is 0 Å². The molecule has 0 radical (unpaired) electrons. The van der Waals surface area contributed by atoms with Gasteiger partial charge in [-0.1, -0.05) is 30.4 Å². The van der Waals surface area contributed by atoms with E-state index < -0.39 is 5.97 Å². The molecular weight excluding hydrogens is 305 g/mol. The first-order chi connectivity index (χ1) is 11.6. The largest absolute Gasteiger partial charge is 0.478 e. The van der Waals surface area contributed by atoms with Crippen molar-refractivity contribution in [3.63, 3.8) is 0 Å². The fourth-order valence-corrected chi connectivity index (χ4v) is 4.04. The second-order valence-corrected chi connectivity index (χ2v) is 6.55. The van der Waals surface area contributed by atoms with Crippen molar-refractivity contribution >= 4 is 11.7 Å². The predicted octanol–water partition coefficient (Wildman–Crippen LogP) is 4.66. The molecule has 0 aromatic heterocycles. The van der Waals surface area contributed by atoms with Crippen molar-refractivity contribution in [3.8, 4) is 0 Å². The number of nitrogens with one attached hydrogen (secondary N) is 1. The third-order valence-electron chi connectivity index (χ3n) is 5.19. The highest BCUT2D eigenvalue weighted by Gasteiger charge is 2.40. The van der Waals surface area contributed by atoms with Crippen LogP contribution in [0.15, 0.2) is 48.6 Å². The number of aryl methyl sites for hydroxylation is 1. The van der Waals surface area contributed by atoms with Gasteiger partial charge in [-0.05, 0) is 54.2 Å². The summed E-state index contributed by atoms with van der Waals surface area (Å²) in [6, 6.07) is 10.2. The second-order valence-electron chi connectivity index (χ2n) is 6.55. The number of fused-ring (bicyclic) bond motifs is 3. The normalized spacial score (nSPS) is 24.2. The minimum atomic E-state index is -0.896. The molecule has 24 heavy (non-hydrogen) atoms. The molecule has 2 aromatic rings. The quantitative estimate of drug-likeness (QED) is 0.790. The summed E-state index contributed by atoms with van der Waals surface area (Å²) in [5, 5.41) is 13.1. The number of carboxylic acid groups (broad SMARTS) is 1. The smallest absolute Gasteiger partial charge is 0.336 e. The zero-order valence-electron chi connectivity index (χ0n) is 13.3. The topological polar surface area (TPSA) is 49.3 Å². The fourth-order valence-electron chi connectivity index (χ4n) is 4.04. The van der Waals surface area contributed by atoms with Gasteiger partial charge in [-0.25, -0.2) is 9.18 Å². The Morgan fingerprint density at radius 2 is 1.96 bits per heavy atom. The van der Waals surface area contributed by atoms with E-state index in [2.05, 4.69) is 17.5 Å². The van der Waals surface area contributed by atoms with Crippen molar-refractivity contribution < 1.29 is 14.3 Å². The van der Waals surface area contributed by atoms with Crippen LogP contribution in [0, 0.1) is 18.7 Å². The average molecular weight is 323 g/mol. The van der Waals surface area contributed by atoms with Crippen molar-refractivity contribution in [1.82, 2.24) is 0 Å². The van der Waals surface area contributed by atoms with E-state index in [1.54, 1.807) is 6.07 Å². The van der Waals surface area contributed by atoms with E-state index in [1.807, 2.05) is 25.1 Å². The Morgan fingerprint density at radius 3 is 2.67 bits per heavy atom. The van der Waals surface area contributed by atoms with E-state index in [4.69, 9.17) is 0 Å². The number of aromatic carboxylic acids is 1. The van der Waals surface area contributed by atoms with E-state index in [9.17, 15) is 14.3 Å². The molecule has 2 aromatic carbocycles. The molecule has 0 fully saturated rings. The molecule has 1 heterocycles. The Balaban J connectivity index is 1.86.